The zero-order valence-electron chi connectivity index (χ0n) is 16.7. The Hall–Kier alpha value is -2.68. The molecule has 0 aliphatic rings. The van der Waals surface area contributed by atoms with Crippen LogP contribution < -0.4 is 10.5 Å². The minimum absolute atomic E-state index is 0.0495. The van der Waals surface area contributed by atoms with Crippen LogP contribution >= 0.6 is 11.3 Å². The Morgan fingerprint density at radius 1 is 1.13 bits per heavy atom. The van der Waals surface area contributed by atoms with Crippen molar-refractivity contribution >= 4 is 32.5 Å². The van der Waals surface area contributed by atoms with E-state index in [-0.39, 0.29) is 10.5 Å². The molecule has 2 aromatic carbocycles. The molecule has 0 bridgehead atoms. The number of thiophene rings is 1. The molecule has 0 radical (unpaired) electrons. The maximum Gasteiger partial charge on any atom is 0.419 e. The number of aryl methyl sites for hydroxylation is 2. The highest BCUT2D eigenvalue weighted by atomic mass is 32.2. The van der Waals surface area contributed by atoms with E-state index in [1.54, 1.807) is 13.1 Å². The van der Waals surface area contributed by atoms with Gasteiger partial charge in [-0.15, -0.1) is 11.3 Å². The average molecular weight is 443 g/mol. The zero-order valence-corrected chi connectivity index (χ0v) is 18.3. The molecule has 0 aliphatic carbocycles. The van der Waals surface area contributed by atoms with Crippen LogP contribution in [0.15, 0.2) is 74.1 Å². The number of hydrogen-bond acceptors (Lipinski definition) is 5. The predicted molar refractivity (Wildman–Crippen MR) is 118 cm³/mol. The number of rotatable bonds is 7. The monoisotopic (exact) mass is 442 g/mol. The van der Waals surface area contributed by atoms with E-state index in [1.807, 2.05) is 41.8 Å². The highest BCUT2D eigenvalue weighted by Gasteiger charge is 2.24. The van der Waals surface area contributed by atoms with Crippen LogP contribution in [0.2, 0.25) is 0 Å². The molecular weight excluding hydrogens is 420 g/mol. The Morgan fingerprint density at radius 2 is 1.90 bits per heavy atom. The number of aromatic nitrogens is 1. The van der Waals surface area contributed by atoms with Gasteiger partial charge in [0.1, 0.15) is 0 Å². The summed E-state index contributed by atoms with van der Waals surface area (Å²) >= 11 is 1.49. The van der Waals surface area contributed by atoms with Crippen molar-refractivity contribution < 1.29 is 12.8 Å². The van der Waals surface area contributed by atoms with Gasteiger partial charge in [0.2, 0.25) is 10.0 Å². The third-order valence-electron chi connectivity index (χ3n) is 5.03. The molecule has 8 heteroatoms. The van der Waals surface area contributed by atoms with Gasteiger partial charge in [-0.2, -0.15) is 4.72 Å². The third kappa shape index (κ3) is 3.98. The van der Waals surface area contributed by atoms with Crippen LogP contribution in [0.5, 0.6) is 0 Å². The van der Waals surface area contributed by atoms with E-state index in [9.17, 15) is 13.2 Å². The molecular formula is C22H22N2O4S2. The van der Waals surface area contributed by atoms with Crippen molar-refractivity contribution in [1.29, 1.82) is 0 Å². The van der Waals surface area contributed by atoms with Crippen molar-refractivity contribution in [2.24, 2.45) is 7.05 Å². The normalized spacial score (nSPS) is 13.0. The fraction of sp³-hybridized carbons (Fsp3) is 0.227. The smallest absolute Gasteiger partial charge is 0.408 e. The molecule has 156 valence electrons. The molecule has 2 aromatic heterocycles. The van der Waals surface area contributed by atoms with Crippen LogP contribution in [0.3, 0.4) is 0 Å². The standard InChI is InChI=1S/C22H22N2O4S2/c1-3-5-15-7-9-16(10-8-15)21(20-6-4-13-29-20)23-30(26,27)17-11-12-18-19(14-17)28-22(25)24(18)2/h4,6-14,21,23H,3,5H2,1-2H3/t21-/m0/s1. The van der Waals surface area contributed by atoms with Crippen molar-refractivity contribution in [3.8, 4) is 0 Å². The molecule has 4 aromatic rings. The second-order valence-electron chi connectivity index (χ2n) is 7.12. The number of oxazole rings is 1. The molecule has 0 amide bonds. The maximum atomic E-state index is 13.2. The number of nitrogens with one attached hydrogen (secondary N) is 1. The molecule has 6 nitrogen and oxygen atoms in total. The molecule has 2 heterocycles. The summed E-state index contributed by atoms with van der Waals surface area (Å²) in [6, 6.07) is 15.8. The van der Waals surface area contributed by atoms with Crippen LogP contribution in [0.25, 0.3) is 11.1 Å². The topological polar surface area (TPSA) is 81.3 Å². The van der Waals surface area contributed by atoms with Crippen LogP contribution in [0.1, 0.15) is 35.4 Å². The zero-order chi connectivity index (χ0) is 21.3. The molecule has 0 saturated heterocycles. The SMILES string of the molecule is CCCc1ccc([C@H](NS(=O)(=O)c2ccc3c(c2)oc(=O)n3C)c2cccs2)cc1. The first-order chi connectivity index (χ1) is 14.4. The Bertz CT molecular complexity index is 1320. The van der Waals surface area contributed by atoms with Gasteiger partial charge < -0.3 is 4.42 Å². The summed E-state index contributed by atoms with van der Waals surface area (Å²) in [5.41, 5.74) is 2.87. The van der Waals surface area contributed by atoms with Crippen LogP contribution in [-0.4, -0.2) is 13.0 Å². The lowest BCUT2D eigenvalue weighted by Crippen LogP contribution is -2.29. The molecule has 1 N–H and O–H groups in total. The second kappa shape index (κ2) is 8.22. The molecule has 30 heavy (non-hydrogen) atoms. The minimum atomic E-state index is -3.86. The highest BCUT2D eigenvalue weighted by molar-refractivity contribution is 7.89. The Kier molecular flexibility index (Phi) is 5.64. The summed E-state index contributed by atoms with van der Waals surface area (Å²) in [5, 5.41) is 1.92. The van der Waals surface area contributed by atoms with Gasteiger partial charge in [0.25, 0.3) is 0 Å². The lowest BCUT2D eigenvalue weighted by Gasteiger charge is -2.19. The number of fused-ring (bicyclic) bond motifs is 1. The van der Waals surface area contributed by atoms with Gasteiger partial charge in [-0.1, -0.05) is 43.7 Å². The Balaban J connectivity index is 1.71. The van der Waals surface area contributed by atoms with E-state index in [0.29, 0.717) is 5.52 Å². The van der Waals surface area contributed by atoms with Gasteiger partial charge >= 0.3 is 5.76 Å². The summed E-state index contributed by atoms with van der Waals surface area (Å²) in [5.74, 6) is -0.531. The van der Waals surface area contributed by atoms with Crippen molar-refractivity contribution in [2.75, 3.05) is 0 Å². The van der Waals surface area contributed by atoms with Gasteiger partial charge in [-0.3, -0.25) is 4.57 Å². The largest absolute Gasteiger partial charge is 0.419 e. The third-order valence-corrected chi connectivity index (χ3v) is 7.38. The summed E-state index contributed by atoms with van der Waals surface area (Å²) in [7, 11) is -2.28. The average Bonchev–Trinajstić information content (AvgIpc) is 3.36. The molecule has 0 unspecified atom stereocenters. The molecule has 1 atom stereocenters. The van der Waals surface area contributed by atoms with Crippen molar-refractivity contribution in [3.05, 3.63) is 86.5 Å². The van der Waals surface area contributed by atoms with E-state index in [4.69, 9.17) is 4.42 Å². The van der Waals surface area contributed by atoms with E-state index in [0.717, 1.165) is 23.3 Å². The summed E-state index contributed by atoms with van der Waals surface area (Å²) in [6.45, 7) is 2.13. The molecule has 0 spiro atoms. The summed E-state index contributed by atoms with van der Waals surface area (Å²) in [6.07, 6.45) is 2.04. The molecule has 0 saturated carbocycles. The minimum Gasteiger partial charge on any atom is -0.408 e. The van der Waals surface area contributed by atoms with E-state index < -0.39 is 21.8 Å². The Morgan fingerprint density at radius 3 is 2.57 bits per heavy atom. The quantitative estimate of drug-likeness (QED) is 0.465. The maximum absolute atomic E-state index is 13.2. The number of benzene rings is 2. The van der Waals surface area contributed by atoms with Gasteiger partial charge in [0, 0.05) is 18.0 Å². The Labute approximate surface area is 178 Å². The van der Waals surface area contributed by atoms with Crippen molar-refractivity contribution in [1.82, 2.24) is 9.29 Å². The predicted octanol–water partition coefficient (Wildman–Crippen LogP) is 4.21. The van der Waals surface area contributed by atoms with Gasteiger partial charge in [-0.25, -0.2) is 13.2 Å². The first kappa shape index (κ1) is 20.6. The first-order valence-electron chi connectivity index (χ1n) is 9.63. The van der Waals surface area contributed by atoms with Gasteiger partial charge in [0.15, 0.2) is 5.58 Å². The lowest BCUT2D eigenvalue weighted by molar-refractivity contribution is 0.527. The fourth-order valence-electron chi connectivity index (χ4n) is 3.42. The van der Waals surface area contributed by atoms with Crippen LogP contribution in [-0.2, 0) is 23.5 Å². The van der Waals surface area contributed by atoms with Gasteiger partial charge in [0.05, 0.1) is 16.5 Å². The van der Waals surface area contributed by atoms with E-state index in [2.05, 4.69) is 11.6 Å². The molecule has 0 aliphatic heterocycles. The summed E-state index contributed by atoms with van der Waals surface area (Å²) < 4.78 is 35.7. The number of nitrogens with zero attached hydrogens (tertiary/aromatic N) is 1. The highest BCUT2D eigenvalue weighted by Crippen LogP contribution is 2.29. The lowest BCUT2D eigenvalue weighted by atomic mass is 10.0. The van der Waals surface area contributed by atoms with Crippen LogP contribution in [0, 0.1) is 0 Å². The summed E-state index contributed by atoms with van der Waals surface area (Å²) in [4.78, 5) is 12.7. The van der Waals surface area contributed by atoms with E-state index >= 15 is 0 Å². The number of sulfonamides is 1. The van der Waals surface area contributed by atoms with E-state index in [1.165, 1.54) is 33.6 Å². The van der Waals surface area contributed by atoms with Crippen molar-refractivity contribution in [2.45, 2.75) is 30.7 Å². The molecule has 0 fully saturated rings. The molecule has 4 rings (SSSR count). The van der Waals surface area contributed by atoms with Crippen molar-refractivity contribution in [3.63, 3.8) is 0 Å². The first-order valence-corrected chi connectivity index (χ1v) is 12.0. The second-order valence-corrected chi connectivity index (χ2v) is 9.81. The fourth-order valence-corrected chi connectivity index (χ4v) is 5.51. The number of hydrogen-bond donors (Lipinski definition) is 1. The van der Waals surface area contributed by atoms with Crippen LogP contribution in [0.4, 0.5) is 0 Å². The van der Waals surface area contributed by atoms with Gasteiger partial charge in [-0.05, 0) is 41.1 Å².